The highest BCUT2D eigenvalue weighted by atomic mass is 14.3. The van der Waals surface area contributed by atoms with Crippen LogP contribution in [0.2, 0.25) is 0 Å². The number of hydrogen-bond donors (Lipinski definition) is 0. The smallest absolute Gasteiger partial charge is 0.0274 e. The summed E-state index contributed by atoms with van der Waals surface area (Å²) in [6.07, 6.45) is 2.40. The summed E-state index contributed by atoms with van der Waals surface area (Å²) in [5.74, 6) is 0. The zero-order chi connectivity index (χ0) is 9.99. The molecule has 0 aromatic carbocycles. The van der Waals surface area contributed by atoms with Crippen molar-refractivity contribution < 1.29 is 0 Å². The van der Waals surface area contributed by atoms with Crippen LogP contribution in [0.4, 0.5) is 0 Å². The van der Waals surface area contributed by atoms with E-state index in [1.54, 1.807) is 0 Å². The van der Waals surface area contributed by atoms with Crippen LogP contribution in [-0.4, -0.2) is 0 Å². The van der Waals surface area contributed by atoms with E-state index in [4.69, 9.17) is 0 Å². The van der Waals surface area contributed by atoms with E-state index in [1.807, 2.05) is 0 Å². The second-order valence-corrected chi connectivity index (χ2v) is 6.04. The molecule has 0 aliphatic rings. The van der Waals surface area contributed by atoms with Crippen LogP contribution >= 0.6 is 0 Å². The Labute approximate surface area is 78.1 Å². The third kappa shape index (κ3) is 6.45. The van der Waals surface area contributed by atoms with Crippen LogP contribution in [-0.2, 0) is 0 Å². The summed E-state index contributed by atoms with van der Waals surface area (Å²) in [6.45, 7) is 17.6. The third-order valence-corrected chi connectivity index (χ3v) is 1.79. The first-order chi connectivity index (χ1) is 5.12. The van der Waals surface area contributed by atoms with Crippen LogP contribution in [0.15, 0.2) is 12.2 Å². The summed E-state index contributed by atoms with van der Waals surface area (Å²) in [6, 6.07) is 0. The van der Waals surface area contributed by atoms with Crippen LogP contribution in [0.5, 0.6) is 0 Å². The first kappa shape index (κ1) is 11.7. The van der Waals surface area contributed by atoms with Crippen LogP contribution in [0.3, 0.4) is 0 Å². The molecule has 0 heterocycles. The molecule has 0 heteroatoms. The van der Waals surface area contributed by atoms with Crippen molar-refractivity contribution in [2.45, 2.75) is 54.4 Å². The van der Waals surface area contributed by atoms with Gasteiger partial charge in [0, 0.05) is 0 Å². The van der Waals surface area contributed by atoms with E-state index in [9.17, 15) is 0 Å². The average molecular weight is 168 g/mol. The minimum Gasteiger partial charge on any atom is -0.100 e. The SMILES string of the molecule is C=C(C)CC(C)(C)CC(C)(C)C. The van der Waals surface area contributed by atoms with Gasteiger partial charge < -0.3 is 0 Å². The molecule has 0 spiro atoms. The average Bonchev–Trinajstić information content (AvgIpc) is 1.48. The Morgan fingerprint density at radius 3 is 1.75 bits per heavy atom. The lowest BCUT2D eigenvalue weighted by atomic mass is 9.73. The second-order valence-electron chi connectivity index (χ2n) is 6.04. The third-order valence-electron chi connectivity index (χ3n) is 1.79. The van der Waals surface area contributed by atoms with E-state index in [0.29, 0.717) is 10.8 Å². The molecule has 0 unspecified atom stereocenters. The molecule has 0 aromatic heterocycles. The van der Waals surface area contributed by atoms with Gasteiger partial charge in [-0.3, -0.25) is 0 Å². The Morgan fingerprint density at radius 2 is 1.50 bits per heavy atom. The van der Waals surface area contributed by atoms with Crippen molar-refractivity contribution in [3.05, 3.63) is 12.2 Å². The standard InChI is InChI=1S/C12H24/c1-10(2)8-12(6,7)9-11(3,4)5/h1,8-9H2,2-7H3. The molecule has 0 aliphatic heterocycles. The Bertz CT molecular complexity index is 155. The predicted octanol–water partition coefficient (Wildman–Crippen LogP) is 4.42. The molecule has 0 N–H and O–H groups in total. The fraction of sp³-hybridized carbons (Fsp3) is 0.833. The lowest BCUT2D eigenvalue weighted by Gasteiger charge is -2.32. The van der Waals surface area contributed by atoms with Gasteiger partial charge in [0.2, 0.25) is 0 Å². The van der Waals surface area contributed by atoms with Crippen LogP contribution < -0.4 is 0 Å². The van der Waals surface area contributed by atoms with Crippen LogP contribution in [0, 0.1) is 10.8 Å². The summed E-state index contributed by atoms with van der Waals surface area (Å²) in [5, 5.41) is 0. The van der Waals surface area contributed by atoms with Crippen molar-refractivity contribution in [3.63, 3.8) is 0 Å². The molecule has 0 saturated carbocycles. The summed E-state index contributed by atoms with van der Waals surface area (Å²) < 4.78 is 0. The molecule has 0 nitrogen and oxygen atoms in total. The van der Waals surface area contributed by atoms with Crippen LogP contribution in [0.1, 0.15) is 54.4 Å². The molecule has 0 bridgehead atoms. The monoisotopic (exact) mass is 168 g/mol. The normalized spacial score (nSPS) is 13.2. The molecule has 0 radical (unpaired) electrons. The van der Waals surface area contributed by atoms with Gasteiger partial charge in [-0.1, -0.05) is 40.2 Å². The molecule has 0 fully saturated rings. The van der Waals surface area contributed by atoms with E-state index in [2.05, 4.69) is 48.1 Å². The summed E-state index contributed by atoms with van der Waals surface area (Å²) in [5.41, 5.74) is 2.13. The van der Waals surface area contributed by atoms with Gasteiger partial charge >= 0.3 is 0 Å². The number of hydrogen-bond acceptors (Lipinski definition) is 0. The fourth-order valence-corrected chi connectivity index (χ4v) is 2.32. The van der Waals surface area contributed by atoms with Crippen molar-refractivity contribution in [2.75, 3.05) is 0 Å². The van der Waals surface area contributed by atoms with Crippen molar-refractivity contribution >= 4 is 0 Å². The highest BCUT2D eigenvalue weighted by Crippen LogP contribution is 2.37. The first-order valence-corrected chi connectivity index (χ1v) is 4.77. The molecule has 0 atom stereocenters. The predicted molar refractivity (Wildman–Crippen MR) is 57.3 cm³/mol. The lowest BCUT2D eigenvalue weighted by molar-refractivity contribution is 0.211. The minimum atomic E-state index is 0.407. The Hall–Kier alpha value is -0.260. The molecule has 0 amide bonds. The van der Waals surface area contributed by atoms with Crippen molar-refractivity contribution in [2.24, 2.45) is 10.8 Å². The summed E-state index contributed by atoms with van der Waals surface area (Å²) in [7, 11) is 0. The molecular formula is C12H24. The fourth-order valence-electron chi connectivity index (χ4n) is 2.32. The van der Waals surface area contributed by atoms with Gasteiger partial charge in [0.1, 0.15) is 0 Å². The molecular weight excluding hydrogens is 144 g/mol. The molecule has 72 valence electrons. The molecule has 0 rings (SSSR count). The van der Waals surface area contributed by atoms with Gasteiger partial charge in [0.25, 0.3) is 0 Å². The zero-order valence-electron chi connectivity index (χ0n) is 9.62. The quantitative estimate of drug-likeness (QED) is 0.547. The Balaban J connectivity index is 4.13. The van der Waals surface area contributed by atoms with Gasteiger partial charge in [-0.05, 0) is 30.6 Å². The lowest BCUT2D eigenvalue weighted by Crippen LogP contribution is -2.20. The van der Waals surface area contributed by atoms with Gasteiger partial charge in [-0.2, -0.15) is 0 Å². The molecule has 0 aromatic rings. The highest BCUT2D eigenvalue weighted by molar-refractivity contribution is 4.94. The maximum Gasteiger partial charge on any atom is -0.0274 e. The van der Waals surface area contributed by atoms with E-state index < -0.39 is 0 Å². The summed E-state index contributed by atoms with van der Waals surface area (Å²) >= 11 is 0. The minimum absolute atomic E-state index is 0.407. The molecule has 0 saturated heterocycles. The van der Waals surface area contributed by atoms with Crippen LogP contribution in [0.25, 0.3) is 0 Å². The van der Waals surface area contributed by atoms with Gasteiger partial charge in [-0.25, -0.2) is 0 Å². The van der Waals surface area contributed by atoms with Gasteiger partial charge in [-0.15, -0.1) is 6.58 Å². The van der Waals surface area contributed by atoms with Crippen molar-refractivity contribution in [1.82, 2.24) is 0 Å². The van der Waals surface area contributed by atoms with E-state index in [0.717, 1.165) is 6.42 Å². The number of rotatable bonds is 3. The van der Waals surface area contributed by atoms with Crippen molar-refractivity contribution in [1.29, 1.82) is 0 Å². The molecule has 0 aliphatic carbocycles. The summed E-state index contributed by atoms with van der Waals surface area (Å²) in [4.78, 5) is 0. The van der Waals surface area contributed by atoms with E-state index >= 15 is 0 Å². The number of allylic oxidation sites excluding steroid dienone is 1. The maximum atomic E-state index is 3.97. The second kappa shape index (κ2) is 3.64. The maximum absolute atomic E-state index is 3.97. The largest absolute Gasteiger partial charge is 0.100 e. The zero-order valence-corrected chi connectivity index (χ0v) is 9.62. The van der Waals surface area contributed by atoms with E-state index in [-0.39, 0.29) is 0 Å². The van der Waals surface area contributed by atoms with Gasteiger partial charge in [0.05, 0.1) is 0 Å². The topological polar surface area (TPSA) is 0 Å². The first-order valence-electron chi connectivity index (χ1n) is 4.77. The highest BCUT2D eigenvalue weighted by Gasteiger charge is 2.24. The van der Waals surface area contributed by atoms with E-state index in [1.165, 1.54) is 12.0 Å². The van der Waals surface area contributed by atoms with Crippen molar-refractivity contribution in [3.8, 4) is 0 Å². The van der Waals surface area contributed by atoms with Gasteiger partial charge in [0.15, 0.2) is 0 Å². The Kier molecular flexibility index (Phi) is 3.56. The molecule has 12 heavy (non-hydrogen) atoms. The Morgan fingerprint density at radius 1 is 1.08 bits per heavy atom.